The van der Waals surface area contributed by atoms with Crippen molar-refractivity contribution in [3.05, 3.63) is 0 Å². The number of hydrogen-bond donors (Lipinski definition) is 15. The Labute approximate surface area is 326 Å². The summed E-state index contributed by atoms with van der Waals surface area (Å²) in [5.74, 6) is -18.4. The lowest BCUT2D eigenvalue weighted by molar-refractivity contribution is -0.144. The molecule has 0 spiro atoms. The molecule has 0 rings (SSSR count). The van der Waals surface area contributed by atoms with Crippen molar-refractivity contribution >= 4 is 77.1 Å². The van der Waals surface area contributed by atoms with Crippen LogP contribution >= 0.6 is 0 Å². The largest absolute Gasteiger partial charge is 0.481 e. The van der Waals surface area contributed by atoms with Crippen molar-refractivity contribution in [2.75, 3.05) is 6.61 Å². The van der Waals surface area contributed by atoms with Gasteiger partial charge in [-0.15, -0.1) is 0 Å². The zero-order valence-electron chi connectivity index (χ0n) is 30.3. The predicted octanol–water partition coefficient (Wildman–Crippen LogP) is -7.88. The molecule has 0 aliphatic heterocycles. The van der Waals surface area contributed by atoms with Crippen molar-refractivity contribution in [2.45, 2.75) is 100 Å². The van der Waals surface area contributed by atoms with Gasteiger partial charge in [-0.25, -0.2) is 4.79 Å². The Balaban J connectivity index is 6.50. The van der Waals surface area contributed by atoms with E-state index < -0.39 is 184 Å². The van der Waals surface area contributed by atoms with Gasteiger partial charge in [-0.05, 0) is 19.3 Å². The van der Waals surface area contributed by atoms with Crippen molar-refractivity contribution in [3.8, 4) is 0 Å². The summed E-state index contributed by atoms with van der Waals surface area (Å²) in [6, 6.07) is -13.5. The predicted molar refractivity (Wildman–Crippen MR) is 185 cm³/mol. The number of amides is 8. The van der Waals surface area contributed by atoms with Gasteiger partial charge in [0.2, 0.25) is 47.3 Å². The molecule has 324 valence electrons. The summed E-state index contributed by atoms with van der Waals surface area (Å²) in [7, 11) is 0. The van der Waals surface area contributed by atoms with Gasteiger partial charge in [0.1, 0.15) is 36.3 Å². The van der Waals surface area contributed by atoms with E-state index in [1.165, 1.54) is 0 Å². The summed E-state index contributed by atoms with van der Waals surface area (Å²) < 4.78 is 0. The highest BCUT2D eigenvalue weighted by molar-refractivity contribution is 5.99. The Hall–Kier alpha value is -6.97. The molecule has 0 unspecified atom stereocenters. The van der Waals surface area contributed by atoms with Crippen LogP contribution in [0.1, 0.15) is 57.8 Å². The second kappa shape index (κ2) is 25.2. The van der Waals surface area contributed by atoms with E-state index >= 15 is 0 Å². The number of carbonyl (C=O) groups is 13. The molecule has 0 heterocycles. The second-order valence-corrected chi connectivity index (χ2v) is 12.2. The number of carboxylic acid groups (broad SMARTS) is 5. The Kier molecular flexibility index (Phi) is 22.2. The summed E-state index contributed by atoms with van der Waals surface area (Å²) in [4.78, 5) is 158. The minimum atomic E-state index is -2.15. The molecule has 0 bridgehead atoms. The second-order valence-electron chi connectivity index (χ2n) is 12.2. The van der Waals surface area contributed by atoms with E-state index in [1.54, 1.807) is 0 Å². The van der Waals surface area contributed by atoms with E-state index in [-0.39, 0.29) is 0 Å². The van der Waals surface area contributed by atoms with Crippen LogP contribution in [0.15, 0.2) is 0 Å². The Morgan fingerprint density at radius 3 is 1.05 bits per heavy atom. The van der Waals surface area contributed by atoms with E-state index in [0.29, 0.717) is 0 Å². The number of carbonyl (C=O) groups excluding carboxylic acids is 8. The maximum atomic E-state index is 13.4. The van der Waals surface area contributed by atoms with Crippen molar-refractivity contribution in [3.63, 3.8) is 0 Å². The maximum absolute atomic E-state index is 13.4. The first-order valence-electron chi connectivity index (χ1n) is 16.7. The van der Waals surface area contributed by atoms with Crippen LogP contribution in [0.4, 0.5) is 0 Å². The van der Waals surface area contributed by atoms with Crippen LogP contribution in [0.25, 0.3) is 0 Å². The fraction of sp³-hybridized carbons (Fsp3) is 0.567. The van der Waals surface area contributed by atoms with Gasteiger partial charge in [0, 0.05) is 19.3 Å². The van der Waals surface area contributed by atoms with Gasteiger partial charge in [0.25, 0.3) is 0 Å². The highest BCUT2D eigenvalue weighted by Crippen LogP contribution is 2.07. The van der Waals surface area contributed by atoms with Gasteiger partial charge < -0.3 is 79.7 Å². The van der Waals surface area contributed by atoms with Crippen LogP contribution in [-0.4, -0.2) is 157 Å². The lowest BCUT2D eigenvalue weighted by Gasteiger charge is -2.27. The molecule has 0 aromatic heterocycles. The lowest BCUT2D eigenvalue weighted by atomic mass is 10.0. The Morgan fingerprint density at radius 1 is 0.397 bits per heavy atom. The third-order valence-electron chi connectivity index (χ3n) is 7.45. The molecule has 7 atom stereocenters. The van der Waals surface area contributed by atoms with E-state index in [4.69, 9.17) is 32.5 Å². The first-order chi connectivity index (χ1) is 26.9. The SMILES string of the molecule is NC(=O)CC[C@H](NC(=O)[C@H](CC(N)=O)NC(=O)[C@H](CCC(=O)O)NC(=O)[C@H](CC(=O)O)NC(=O)[C@H](CCC(=O)O)NC(=O)[C@@H](N)CC(=O)O)C(=O)N[C@@H](CO)C(=O)O. The molecular weight excluding hydrogens is 790 g/mol. The Morgan fingerprint density at radius 2 is 0.724 bits per heavy atom. The van der Waals surface area contributed by atoms with Gasteiger partial charge in [-0.3, -0.25) is 57.5 Å². The maximum Gasteiger partial charge on any atom is 0.328 e. The highest BCUT2D eigenvalue weighted by atomic mass is 16.4. The van der Waals surface area contributed by atoms with Gasteiger partial charge >= 0.3 is 29.8 Å². The van der Waals surface area contributed by atoms with Crippen LogP contribution in [0.3, 0.4) is 0 Å². The third kappa shape index (κ3) is 20.6. The molecule has 0 radical (unpaired) electrons. The number of nitrogens with one attached hydrogen (secondary N) is 6. The smallest absolute Gasteiger partial charge is 0.328 e. The minimum Gasteiger partial charge on any atom is -0.481 e. The minimum absolute atomic E-state index is 0.578. The fourth-order valence-corrected chi connectivity index (χ4v) is 4.53. The van der Waals surface area contributed by atoms with Crippen LogP contribution in [0, 0.1) is 0 Å². The molecule has 28 nitrogen and oxygen atoms in total. The molecule has 0 saturated heterocycles. The number of carboxylic acids is 5. The molecule has 0 aliphatic rings. The molecule has 0 saturated carbocycles. The molecule has 28 heteroatoms. The van der Waals surface area contributed by atoms with Gasteiger partial charge in [-0.2, -0.15) is 0 Å². The standard InChI is InChI=1S/C30H45N9O19/c31-11(7-22(47)48)24(51)34-13(2-5-20(43)44)25(52)38-16(9-23(49)50)29(56)36-14(3-6-21(45)46)26(53)37-15(8-19(33)42)28(55)35-12(1-4-18(32)41)27(54)39-17(10-40)30(57)58/h11-17,40H,1-10,31H2,(H2,32,41)(H2,33,42)(H,34,51)(H,35,55)(H,36,56)(H,37,53)(H,38,52)(H,39,54)(H,43,44)(H,45,46)(H,47,48)(H,49,50)(H,57,58)/t11-,12-,13-,14-,15-,16-,17-/m0/s1. The molecule has 8 amide bonds. The van der Waals surface area contributed by atoms with E-state index in [0.717, 1.165) is 0 Å². The van der Waals surface area contributed by atoms with Gasteiger partial charge in [-0.1, -0.05) is 0 Å². The molecule has 58 heavy (non-hydrogen) atoms. The molecule has 0 aliphatic carbocycles. The number of primary amides is 2. The van der Waals surface area contributed by atoms with Crippen LogP contribution in [-0.2, 0) is 62.3 Å². The van der Waals surface area contributed by atoms with Crippen LogP contribution in [0.2, 0.25) is 0 Å². The quantitative estimate of drug-likeness (QED) is 0.0333. The van der Waals surface area contributed by atoms with E-state index in [2.05, 4.69) is 0 Å². The number of aliphatic hydroxyl groups is 1. The van der Waals surface area contributed by atoms with E-state index in [1.807, 2.05) is 31.9 Å². The lowest BCUT2D eigenvalue weighted by Crippen LogP contribution is -2.60. The van der Waals surface area contributed by atoms with Gasteiger partial charge in [0.15, 0.2) is 0 Å². The van der Waals surface area contributed by atoms with Crippen molar-refractivity contribution in [1.82, 2.24) is 31.9 Å². The molecule has 0 aromatic rings. The number of hydrogen-bond acceptors (Lipinski definition) is 15. The van der Waals surface area contributed by atoms with Crippen LogP contribution in [0.5, 0.6) is 0 Å². The number of nitrogens with two attached hydrogens (primary N) is 3. The number of aliphatic hydroxyl groups excluding tert-OH is 1. The average Bonchev–Trinajstić information content (AvgIpc) is 3.10. The van der Waals surface area contributed by atoms with E-state index in [9.17, 15) is 77.6 Å². The molecule has 0 fully saturated rings. The normalized spacial score (nSPS) is 14.2. The number of aliphatic carboxylic acids is 5. The zero-order valence-corrected chi connectivity index (χ0v) is 30.3. The van der Waals surface area contributed by atoms with Crippen molar-refractivity contribution < 1.29 is 93.0 Å². The number of rotatable bonds is 29. The third-order valence-corrected chi connectivity index (χ3v) is 7.45. The summed E-state index contributed by atoms with van der Waals surface area (Å²) >= 11 is 0. The topological polar surface area (TPSA) is 494 Å². The first kappa shape index (κ1) is 51.0. The molecular formula is C30H45N9O19. The first-order valence-corrected chi connectivity index (χ1v) is 16.7. The summed E-state index contributed by atoms with van der Waals surface area (Å²) in [5, 5.41) is 66.8. The zero-order chi connectivity index (χ0) is 44.9. The highest BCUT2D eigenvalue weighted by Gasteiger charge is 2.35. The van der Waals surface area contributed by atoms with Gasteiger partial charge in [0.05, 0.1) is 31.9 Å². The fourth-order valence-electron chi connectivity index (χ4n) is 4.53. The van der Waals surface area contributed by atoms with Crippen molar-refractivity contribution in [2.24, 2.45) is 17.2 Å². The summed E-state index contributed by atoms with van der Waals surface area (Å²) in [6.45, 7) is -1.11. The monoisotopic (exact) mass is 835 g/mol. The van der Waals surface area contributed by atoms with Crippen LogP contribution < -0.4 is 49.1 Å². The molecule has 0 aromatic carbocycles. The summed E-state index contributed by atoms with van der Waals surface area (Å²) in [5.41, 5.74) is 15.8. The summed E-state index contributed by atoms with van der Waals surface area (Å²) in [6.07, 6.45) is -7.52. The average molecular weight is 836 g/mol. The van der Waals surface area contributed by atoms with Crippen molar-refractivity contribution in [1.29, 1.82) is 0 Å². The Bertz CT molecular complexity index is 1610. The molecule has 18 N–H and O–H groups in total.